The molecule has 2 nitrogen and oxygen atoms in total. The molecule has 1 aliphatic carbocycles. The molecule has 88 valence electrons. The first-order valence-corrected chi connectivity index (χ1v) is 7.00. The van der Waals surface area contributed by atoms with Crippen molar-refractivity contribution < 1.29 is 0 Å². The second-order valence-corrected chi connectivity index (χ2v) is 5.41. The smallest absolute Gasteiger partial charge is 0.140 e. The van der Waals surface area contributed by atoms with Gasteiger partial charge in [-0.05, 0) is 46.8 Å². The molecule has 0 atom stereocenters. The van der Waals surface area contributed by atoms with Crippen LogP contribution in [-0.2, 0) is 0 Å². The maximum Gasteiger partial charge on any atom is 0.140 e. The largest absolute Gasteiger partial charge is 0.369 e. The van der Waals surface area contributed by atoms with Crippen LogP contribution in [0.5, 0.6) is 0 Å². The van der Waals surface area contributed by atoms with Gasteiger partial charge in [-0.25, -0.2) is 4.98 Å². The summed E-state index contributed by atoms with van der Waals surface area (Å²) in [5.41, 5.74) is 0. The summed E-state index contributed by atoms with van der Waals surface area (Å²) in [4.78, 5) is 4.29. The summed E-state index contributed by atoms with van der Waals surface area (Å²) in [6.45, 7) is 1.03. The first-order chi connectivity index (χ1) is 7.86. The second kappa shape index (κ2) is 6.24. The van der Waals surface area contributed by atoms with Crippen LogP contribution in [0.15, 0.2) is 22.8 Å². The molecular weight excluding hydrogens is 264 g/mol. The van der Waals surface area contributed by atoms with Gasteiger partial charge in [0.15, 0.2) is 0 Å². The lowest BCUT2D eigenvalue weighted by molar-refractivity contribution is 0.491. The molecule has 0 aliphatic heterocycles. The van der Waals surface area contributed by atoms with E-state index in [2.05, 4.69) is 26.2 Å². The topological polar surface area (TPSA) is 24.9 Å². The van der Waals surface area contributed by atoms with Crippen molar-refractivity contribution in [2.24, 2.45) is 5.92 Å². The average Bonchev–Trinajstić information content (AvgIpc) is 2.79. The van der Waals surface area contributed by atoms with Gasteiger partial charge in [0, 0.05) is 12.7 Å². The molecule has 1 aliphatic rings. The third-order valence-corrected chi connectivity index (χ3v) is 3.95. The molecule has 0 amide bonds. The minimum absolute atomic E-state index is 0.967. The molecule has 0 saturated heterocycles. The Labute approximate surface area is 106 Å². The third kappa shape index (κ3) is 3.48. The Hall–Kier alpha value is -0.570. The van der Waals surface area contributed by atoms with Gasteiger partial charge >= 0.3 is 0 Å². The molecule has 0 aromatic carbocycles. The number of nitrogens with one attached hydrogen (secondary N) is 1. The normalized spacial score (nSPS) is 16.6. The van der Waals surface area contributed by atoms with Crippen LogP contribution in [0.1, 0.15) is 38.5 Å². The standard InChI is InChI=1S/C13H19BrN2/c14-12-8-4-10-16-13(12)15-9-3-7-11-5-1-2-6-11/h4,8,10-11H,1-3,5-7,9H2,(H,15,16). The van der Waals surface area contributed by atoms with E-state index in [1.54, 1.807) is 0 Å². The van der Waals surface area contributed by atoms with Gasteiger partial charge in [-0.2, -0.15) is 0 Å². The minimum Gasteiger partial charge on any atom is -0.369 e. The fourth-order valence-corrected chi connectivity index (χ4v) is 2.81. The highest BCUT2D eigenvalue weighted by molar-refractivity contribution is 9.10. The molecule has 1 fully saturated rings. The number of hydrogen-bond donors (Lipinski definition) is 1. The van der Waals surface area contributed by atoms with Crippen LogP contribution in [0, 0.1) is 5.92 Å². The zero-order valence-corrected chi connectivity index (χ0v) is 11.2. The lowest BCUT2D eigenvalue weighted by Gasteiger charge is -2.10. The predicted octanol–water partition coefficient (Wildman–Crippen LogP) is 4.23. The van der Waals surface area contributed by atoms with Crippen molar-refractivity contribution in [1.29, 1.82) is 0 Å². The van der Waals surface area contributed by atoms with Gasteiger partial charge in [0.2, 0.25) is 0 Å². The highest BCUT2D eigenvalue weighted by Crippen LogP contribution is 2.28. The lowest BCUT2D eigenvalue weighted by atomic mass is 10.0. The number of anilines is 1. The van der Waals surface area contributed by atoms with Crippen molar-refractivity contribution in [3.8, 4) is 0 Å². The van der Waals surface area contributed by atoms with Crippen molar-refractivity contribution >= 4 is 21.7 Å². The van der Waals surface area contributed by atoms with Crippen molar-refractivity contribution in [2.75, 3.05) is 11.9 Å². The number of nitrogens with zero attached hydrogens (tertiary/aromatic N) is 1. The van der Waals surface area contributed by atoms with Crippen molar-refractivity contribution in [3.05, 3.63) is 22.8 Å². The summed E-state index contributed by atoms with van der Waals surface area (Å²) in [5.74, 6) is 1.96. The van der Waals surface area contributed by atoms with E-state index in [0.29, 0.717) is 0 Å². The number of halogens is 1. The van der Waals surface area contributed by atoms with Crippen LogP contribution in [0.2, 0.25) is 0 Å². The van der Waals surface area contributed by atoms with Crippen molar-refractivity contribution in [3.63, 3.8) is 0 Å². The molecule has 1 N–H and O–H groups in total. The Kier molecular flexibility index (Phi) is 4.64. The van der Waals surface area contributed by atoms with E-state index >= 15 is 0 Å². The molecule has 0 spiro atoms. The first kappa shape index (κ1) is 11.9. The molecule has 2 rings (SSSR count). The highest BCUT2D eigenvalue weighted by Gasteiger charge is 2.13. The van der Waals surface area contributed by atoms with E-state index in [-0.39, 0.29) is 0 Å². The Bertz CT molecular complexity index is 321. The van der Waals surface area contributed by atoms with Crippen LogP contribution in [0.4, 0.5) is 5.82 Å². The Morgan fingerprint density at radius 3 is 2.94 bits per heavy atom. The van der Waals surface area contributed by atoms with E-state index in [1.165, 1.54) is 38.5 Å². The number of hydrogen-bond acceptors (Lipinski definition) is 2. The lowest BCUT2D eigenvalue weighted by Crippen LogP contribution is -2.05. The quantitative estimate of drug-likeness (QED) is 0.818. The van der Waals surface area contributed by atoms with Gasteiger partial charge in [-0.15, -0.1) is 0 Å². The summed E-state index contributed by atoms with van der Waals surface area (Å²) in [7, 11) is 0. The van der Waals surface area contributed by atoms with E-state index in [0.717, 1.165) is 22.8 Å². The Balaban J connectivity index is 1.66. The monoisotopic (exact) mass is 282 g/mol. The van der Waals surface area contributed by atoms with Gasteiger partial charge < -0.3 is 5.32 Å². The van der Waals surface area contributed by atoms with Crippen LogP contribution >= 0.6 is 15.9 Å². The van der Waals surface area contributed by atoms with Crippen LogP contribution < -0.4 is 5.32 Å². The molecule has 1 aromatic rings. The van der Waals surface area contributed by atoms with E-state index in [1.807, 2.05) is 18.3 Å². The summed E-state index contributed by atoms with van der Waals surface area (Å²) >= 11 is 3.49. The number of aromatic nitrogens is 1. The molecule has 1 aromatic heterocycles. The molecule has 3 heteroatoms. The Morgan fingerprint density at radius 1 is 1.38 bits per heavy atom. The van der Waals surface area contributed by atoms with Crippen molar-refractivity contribution in [1.82, 2.24) is 4.98 Å². The summed E-state index contributed by atoms with van der Waals surface area (Å²) in [6.07, 6.45) is 10.3. The Morgan fingerprint density at radius 2 is 2.19 bits per heavy atom. The van der Waals surface area contributed by atoms with E-state index < -0.39 is 0 Å². The molecule has 1 saturated carbocycles. The van der Waals surface area contributed by atoms with E-state index in [4.69, 9.17) is 0 Å². The third-order valence-electron chi connectivity index (χ3n) is 3.31. The molecule has 16 heavy (non-hydrogen) atoms. The van der Waals surface area contributed by atoms with Gasteiger partial charge in [0.1, 0.15) is 5.82 Å². The van der Waals surface area contributed by atoms with Crippen LogP contribution in [-0.4, -0.2) is 11.5 Å². The molecule has 1 heterocycles. The highest BCUT2D eigenvalue weighted by atomic mass is 79.9. The van der Waals surface area contributed by atoms with Crippen molar-refractivity contribution in [2.45, 2.75) is 38.5 Å². The zero-order chi connectivity index (χ0) is 11.2. The molecule has 0 bridgehead atoms. The SMILES string of the molecule is Brc1cccnc1NCCCC1CCCC1. The van der Waals surface area contributed by atoms with Gasteiger partial charge in [-0.3, -0.25) is 0 Å². The van der Waals surface area contributed by atoms with Crippen LogP contribution in [0.3, 0.4) is 0 Å². The van der Waals surface area contributed by atoms with Gasteiger partial charge in [-0.1, -0.05) is 25.7 Å². The fourth-order valence-electron chi connectivity index (χ4n) is 2.41. The summed E-state index contributed by atoms with van der Waals surface area (Å²) < 4.78 is 1.05. The molecule has 0 unspecified atom stereocenters. The first-order valence-electron chi connectivity index (χ1n) is 6.20. The predicted molar refractivity (Wildman–Crippen MR) is 71.6 cm³/mol. The van der Waals surface area contributed by atoms with Crippen LogP contribution in [0.25, 0.3) is 0 Å². The summed E-state index contributed by atoms with van der Waals surface area (Å²) in [5, 5.41) is 3.38. The van der Waals surface area contributed by atoms with Gasteiger partial charge in [0.25, 0.3) is 0 Å². The maximum absolute atomic E-state index is 4.29. The average molecular weight is 283 g/mol. The van der Waals surface area contributed by atoms with Gasteiger partial charge in [0.05, 0.1) is 4.47 Å². The maximum atomic E-state index is 4.29. The zero-order valence-electron chi connectivity index (χ0n) is 9.58. The van der Waals surface area contributed by atoms with E-state index in [9.17, 15) is 0 Å². The number of rotatable bonds is 5. The summed E-state index contributed by atoms with van der Waals surface area (Å²) in [6, 6.07) is 3.96. The molecule has 0 radical (unpaired) electrons. The minimum atomic E-state index is 0.967. The fraction of sp³-hybridized carbons (Fsp3) is 0.615. The second-order valence-electron chi connectivity index (χ2n) is 4.55. The molecular formula is C13H19BrN2. The number of pyridine rings is 1.